The highest BCUT2D eigenvalue weighted by Crippen LogP contribution is 2.31. The van der Waals surface area contributed by atoms with Gasteiger partial charge in [0.2, 0.25) is 0 Å². The van der Waals surface area contributed by atoms with E-state index < -0.39 is 0 Å². The monoisotopic (exact) mass is 365 g/mol. The summed E-state index contributed by atoms with van der Waals surface area (Å²) in [7, 11) is 0. The van der Waals surface area contributed by atoms with E-state index in [0.29, 0.717) is 19.4 Å². The number of aromatic nitrogens is 4. The van der Waals surface area contributed by atoms with Crippen LogP contribution >= 0.6 is 0 Å². The molecule has 138 valence electrons. The molecule has 7 heteroatoms. The van der Waals surface area contributed by atoms with Crippen LogP contribution in [0, 0.1) is 5.82 Å². The second-order valence-electron chi connectivity index (χ2n) is 6.90. The standard InChI is InChI=1S/C20H20FN5O/c21-17-2-3-18-15(7-10-27-18)14(17)1-4-19-23-11-16(13-5-8-22-9-6-13)20-25-24-12-26(19)20/h2-3,5,11-12,22H,1,4,6-10H2. The van der Waals surface area contributed by atoms with E-state index in [1.165, 1.54) is 11.6 Å². The summed E-state index contributed by atoms with van der Waals surface area (Å²) >= 11 is 0. The van der Waals surface area contributed by atoms with Crippen LogP contribution in [-0.4, -0.2) is 39.3 Å². The Balaban J connectivity index is 1.46. The Morgan fingerprint density at radius 2 is 2.19 bits per heavy atom. The highest BCUT2D eigenvalue weighted by molar-refractivity contribution is 5.75. The van der Waals surface area contributed by atoms with Crippen molar-refractivity contribution in [2.45, 2.75) is 25.7 Å². The molecule has 0 unspecified atom stereocenters. The highest BCUT2D eigenvalue weighted by atomic mass is 19.1. The smallest absolute Gasteiger partial charge is 0.171 e. The average molecular weight is 365 g/mol. The number of hydrogen-bond acceptors (Lipinski definition) is 5. The molecule has 27 heavy (non-hydrogen) atoms. The summed E-state index contributed by atoms with van der Waals surface area (Å²) < 4.78 is 21.9. The van der Waals surface area contributed by atoms with Gasteiger partial charge in [0.25, 0.3) is 0 Å². The quantitative estimate of drug-likeness (QED) is 0.769. The fourth-order valence-electron chi connectivity index (χ4n) is 3.97. The molecule has 0 amide bonds. The van der Waals surface area contributed by atoms with Crippen molar-refractivity contribution in [1.29, 1.82) is 0 Å². The Labute approximate surface area is 156 Å². The van der Waals surface area contributed by atoms with Crippen molar-refractivity contribution in [2.24, 2.45) is 0 Å². The van der Waals surface area contributed by atoms with Crippen molar-refractivity contribution in [3.63, 3.8) is 0 Å². The highest BCUT2D eigenvalue weighted by Gasteiger charge is 2.20. The molecule has 2 aromatic heterocycles. The number of ether oxygens (including phenoxy) is 1. The van der Waals surface area contributed by atoms with Crippen molar-refractivity contribution in [2.75, 3.05) is 19.7 Å². The Morgan fingerprint density at radius 1 is 1.22 bits per heavy atom. The summed E-state index contributed by atoms with van der Waals surface area (Å²) in [6.07, 6.45) is 8.65. The molecule has 1 N–H and O–H groups in total. The van der Waals surface area contributed by atoms with Crippen molar-refractivity contribution >= 4 is 11.2 Å². The fraction of sp³-hybridized carbons (Fsp3) is 0.350. The summed E-state index contributed by atoms with van der Waals surface area (Å²) in [5.74, 6) is 1.47. The number of aryl methyl sites for hydroxylation is 1. The lowest BCUT2D eigenvalue weighted by Crippen LogP contribution is -2.20. The van der Waals surface area contributed by atoms with Crippen molar-refractivity contribution in [3.8, 4) is 5.75 Å². The van der Waals surface area contributed by atoms with E-state index in [9.17, 15) is 4.39 Å². The van der Waals surface area contributed by atoms with Crippen LogP contribution in [0.1, 0.15) is 28.9 Å². The lowest BCUT2D eigenvalue weighted by Gasteiger charge is -2.15. The molecule has 3 aromatic rings. The second-order valence-corrected chi connectivity index (χ2v) is 6.90. The fourth-order valence-corrected chi connectivity index (χ4v) is 3.97. The van der Waals surface area contributed by atoms with Gasteiger partial charge in [-0.3, -0.25) is 4.40 Å². The molecule has 0 radical (unpaired) electrons. The zero-order valence-corrected chi connectivity index (χ0v) is 14.9. The molecule has 2 aliphatic heterocycles. The van der Waals surface area contributed by atoms with Crippen LogP contribution in [0.5, 0.6) is 5.75 Å². The third-order valence-corrected chi connectivity index (χ3v) is 5.36. The molecule has 0 aliphatic carbocycles. The summed E-state index contributed by atoms with van der Waals surface area (Å²) in [5.41, 5.74) is 4.81. The Bertz CT molecular complexity index is 1040. The lowest BCUT2D eigenvalue weighted by atomic mass is 9.99. The second kappa shape index (κ2) is 6.74. The van der Waals surface area contributed by atoms with Gasteiger partial charge >= 0.3 is 0 Å². The van der Waals surface area contributed by atoms with Crippen molar-refractivity contribution in [3.05, 3.63) is 59.1 Å². The molecule has 0 saturated carbocycles. The minimum absolute atomic E-state index is 0.171. The summed E-state index contributed by atoms with van der Waals surface area (Å²) in [5, 5.41) is 11.7. The Kier molecular flexibility index (Phi) is 4.09. The number of hydrogen-bond donors (Lipinski definition) is 1. The van der Waals surface area contributed by atoms with Gasteiger partial charge in [0.15, 0.2) is 5.65 Å². The molecule has 0 bridgehead atoms. The van der Waals surface area contributed by atoms with Crippen LogP contribution in [0.25, 0.3) is 11.2 Å². The van der Waals surface area contributed by atoms with Crippen molar-refractivity contribution in [1.82, 2.24) is 24.9 Å². The lowest BCUT2D eigenvalue weighted by molar-refractivity contribution is 0.356. The van der Waals surface area contributed by atoms with E-state index in [2.05, 4.69) is 26.6 Å². The molecule has 2 aliphatic rings. The first-order chi connectivity index (χ1) is 13.3. The average Bonchev–Trinajstić information content (AvgIpc) is 3.37. The largest absolute Gasteiger partial charge is 0.493 e. The normalized spacial score (nSPS) is 16.3. The van der Waals surface area contributed by atoms with Crippen molar-refractivity contribution < 1.29 is 9.13 Å². The number of benzene rings is 1. The van der Waals surface area contributed by atoms with Gasteiger partial charge < -0.3 is 10.1 Å². The molecule has 0 fully saturated rings. The number of fused-ring (bicyclic) bond motifs is 2. The van der Waals surface area contributed by atoms with E-state index in [1.807, 2.05) is 10.6 Å². The van der Waals surface area contributed by atoms with Gasteiger partial charge in [0.05, 0.1) is 6.61 Å². The van der Waals surface area contributed by atoms with Crippen LogP contribution in [0.15, 0.2) is 30.7 Å². The topological polar surface area (TPSA) is 64.3 Å². The van der Waals surface area contributed by atoms with Gasteiger partial charge in [-0.15, -0.1) is 10.2 Å². The van der Waals surface area contributed by atoms with Crippen LogP contribution in [-0.2, 0) is 19.3 Å². The van der Waals surface area contributed by atoms with Gasteiger partial charge in [-0.05, 0) is 42.7 Å². The number of halogens is 1. The predicted molar refractivity (Wildman–Crippen MR) is 99.3 cm³/mol. The Hall–Kier alpha value is -2.80. The summed E-state index contributed by atoms with van der Waals surface area (Å²) in [4.78, 5) is 4.66. The van der Waals surface area contributed by atoms with E-state index in [1.54, 1.807) is 12.4 Å². The number of nitrogens with zero attached hydrogens (tertiary/aromatic N) is 4. The summed E-state index contributed by atoms with van der Waals surface area (Å²) in [6, 6.07) is 3.22. The molecular formula is C20H20FN5O. The molecule has 4 heterocycles. The van der Waals surface area contributed by atoms with Crippen LogP contribution < -0.4 is 10.1 Å². The molecule has 0 spiro atoms. The van der Waals surface area contributed by atoms with Gasteiger partial charge in [0, 0.05) is 36.7 Å². The zero-order valence-electron chi connectivity index (χ0n) is 14.9. The first-order valence-electron chi connectivity index (χ1n) is 9.32. The Morgan fingerprint density at radius 3 is 3.07 bits per heavy atom. The molecular weight excluding hydrogens is 345 g/mol. The van der Waals surface area contributed by atoms with Gasteiger partial charge in [-0.2, -0.15) is 0 Å². The number of nitrogens with one attached hydrogen (secondary N) is 1. The molecule has 0 atom stereocenters. The molecule has 5 rings (SSSR count). The van der Waals surface area contributed by atoms with E-state index in [0.717, 1.165) is 59.8 Å². The van der Waals surface area contributed by atoms with E-state index in [4.69, 9.17) is 4.74 Å². The van der Waals surface area contributed by atoms with Crippen LogP contribution in [0.3, 0.4) is 0 Å². The zero-order chi connectivity index (χ0) is 18.2. The summed E-state index contributed by atoms with van der Waals surface area (Å²) in [6.45, 7) is 2.44. The number of rotatable bonds is 4. The third kappa shape index (κ3) is 2.88. The maximum Gasteiger partial charge on any atom is 0.171 e. The molecule has 1 aromatic carbocycles. The minimum atomic E-state index is -0.171. The molecule has 0 saturated heterocycles. The van der Waals surface area contributed by atoms with Gasteiger partial charge in [-0.1, -0.05) is 6.08 Å². The maximum atomic E-state index is 14.4. The van der Waals surface area contributed by atoms with Gasteiger partial charge in [-0.25, -0.2) is 9.37 Å². The van der Waals surface area contributed by atoms with E-state index in [-0.39, 0.29) is 5.82 Å². The van der Waals surface area contributed by atoms with Crippen LogP contribution in [0.4, 0.5) is 4.39 Å². The van der Waals surface area contributed by atoms with E-state index >= 15 is 0 Å². The first-order valence-corrected chi connectivity index (χ1v) is 9.32. The SMILES string of the molecule is Fc1ccc2c(c1CCc1ncc(C3=CCNCC3)c3nncn13)CCO2. The predicted octanol–water partition coefficient (Wildman–Crippen LogP) is 2.36. The third-order valence-electron chi connectivity index (χ3n) is 5.36. The molecule has 6 nitrogen and oxygen atoms in total. The maximum absolute atomic E-state index is 14.4. The van der Waals surface area contributed by atoms with Gasteiger partial charge in [0.1, 0.15) is 23.7 Å². The first kappa shape index (κ1) is 16.4. The minimum Gasteiger partial charge on any atom is -0.493 e. The van der Waals surface area contributed by atoms with Crippen LogP contribution in [0.2, 0.25) is 0 Å².